The van der Waals surface area contributed by atoms with Crippen LogP contribution in [0.5, 0.6) is 0 Å². The first kappa shape index (κ1) is 18.5. The predicted molar refractivity (Wildman–Crippen MR) is 112 cm³/mol. The smallest absolute Gasteiger partial charge is 0.274 e. The van der Waals surface area contributed by atoms with E-state index in [1.54, 1.807) is 13.0 Å². The molecule has 0 spiro atoms. The molecule has 0 unspecified atom stereocenters. The summed E-state index contributed by atoms with van der Waals surface area (Å²) < 4.78 is 0. The van der Waals surface area contributed by atoms with Crippen LogP contribution in [-0.2, 0) is 9.59 Å². The van der Waals surface area contributed by atoms with Crippen LogP contribution in [0.4, 0.5) is 11.4 Å². The lowest BCUT2D eigenvalue weighted by Crippen LogP contribution is -2.33. The average molecular weight is 400 g/mol. The summed E-state index contributed by atoms with van der Waals surface area (Å²) in [5, 5.41) is 11.6. The third-order valence-corrected chi connectivity index (χ3v) is 6.62. The Hall–Kier alpha value is -3.54. The number of hydrogen-bond donors (Lipinski definition) is 0. The zero-order valence-corrected chi connectivity index (χ0v) is 16.6. The molecule has 2 fully saturated rings. The van der Waals surface area contributed by atoms with Gasteiger partial charge in [0.2, 0.25) is 11.8 Å². The second-order valence-electron chi connectivity index (χ2n) is 8.20. The number of aryl methyl sites for hydroxylation is 1. The molecule has 6 nitrogen and oxygen atoms in total. The second kappa shape index (κ2) is 6.49. The highest BCUT2D eigenvalue weighted by Gasteiger charge is 2.62. The van der Waals surface area contributed by atoms with Crippen molar-refractivity contribution in [3.63, 3.8) is 0 Å². The Kier molecular flexibility index (Phi) is 4.00. The van der Waals surface area contributed by atoms with Gasteiger partial charge in [0, 0.05) is 17.9 Å². The molecule has 1 saturated carbocycles. The first-order chi connectivity index (χ1) is 14.4. The van der Waals surface area contributed by atoms with E-state index in [0.29, 0.717) is 5.56 Å². The number of anilines is 1. The van der Waals surface area contributed by atoms with Crippen molar-refractivity contribution in [1.82, 2.24) is 0 Å². The normalized spacial score (nSPS) is 26.5. The summed E-state index contributed by atoms with van der Waals surface area (Å²) in [6.07, 6.45) is 4.04. The molecule has 4 atom stereocenters. The van der Waals surface area contributed by atoms with Crippen LogP contribution in [0.1, 0.15) is 18.1 Å². The van der Waals surface area contributed by atoms with Gasteiger partial charge in [-0.1, -0.05) is 54.1 Å². The maximum atomic E-state index is 13.4. The van der Waals surface area contributed by atoms with Crippen molar-refractivity contribution < 1.29 is 14.5 Å². The molecule has 0 aromatic heterocycles. The minimum atomic E-state index is -0.533. The summed E-state index contributed by atoms with van der Waals surface area (Å²) in [6, 6.07) is 14.6. The fourth-order valence-electron chi connectivity index (χ4n) is 5.32. The third-order valence-electron chi connectivity index (χ3n) is 6.62. The Morgan fingerprint density at radius 3 is 2.13 bits per heavy atom. The lowest BCUT2D eigenvalue weighted by molar-refractivity contribution is -0.384. The molecular weight excluding hydrogens is 380 g/mol. The summed E-state index contributed by atoms with van der Waals surface area (Å²) >= 11 is 0. The lowest BCUT2D eigenvalue weighted by atomic mass is 9.85. The van der Waals surface area contributed by atoms with Crippen LogP contribution in [0, 0.1) is 40.7 Å². The molecule has 5 rings (SSSR count). The number of nitro benzene ring substituents is 1. The number of fused-ring (bicyclic) bond motifs is 5. The zero-order valence-electron chi connectivity index (χ0n) is 16.6. The molecule has 2 aliphatic carbocycles. The van der Waals surface area contributed by atoms with Crippen molar-refractivity contribution in [2.75, 3.05) is 4.90 Å². The molecule has 2 aromatic carbocycles. The van der Waals surface area contributed by atoms with Crippen molar-refractivity contribution in [3.8, 4) is 0 Å². The van der Waals surface area contributed by atoms with E-state index < -0.39 is 16.8 Å². The fourth-order valence-corrected chi connectivity index (χ4v) is 5.32. The number of benzene rings is 2. The van der Waals surface area contributed by atoms with E-state index in [1.165, 1.54) is 12.1 Å². The van der Waals surface area contributed by atoms with E-state index in [-0.39, 0.29) is 35.0 Å². The van der Waals surface area contributed by atoms with E-state index >= 15 is 0 Å². The van der Waals surface area contributed by atoms with Crippen molar-refractivity contribution in [2.24, 2.45) is 23.7 Å². The van der Waals surface area contributed by atoms with Crippen molar-refractivity contribution in [2.45, 2.75) is 13.8 Å². The van der Waals surface area contributed by atoms with Crippen LogP contribution in [0.15, 0.2) is 66.3 Å². The Balaban J connectivity index is 1.57. The van der Waals surface area contributed by atoms with Gasteiger partial charge in [0.15, 0.2) is 0 Å². The van der Waals surface area contributed by atoms with Gasteiger partial charge in [-0.3, -0.25) is 19.7 Å². The minimum Gasteiger partial charge on any atom is -0.274 e. The fraction of sp³-hybridized carbons (Fsp3) is 0.250. The van der Waals surface area contributed by atoms with Crippen LogP contribution >= 0.6 is 0 Å². The largest absolute Gasteiger partial charge is 0.293 e. The van der Waals surface area contributed by atoms with Crippen LogP contribution in [0.3, 0.4) is 0 Å². The summed E-state index contributed by atoms with van der Waals surface area (Å²) in [5.74, 6) is -1.97. The molecule has 1 heterocycles. The quantitative estimate of drug-likeness (QED) is 0.333. The van der Waals surface area contributed by atoms with E-state index in [9.17, 15) is 19.7 Å². The molecule has 1 aliphatic heterocycles. The standard InChI is InChI=1S/C24H20N2O4/c1-13-8-11-18(19(12-13)26(29)30)25-23(27)21-16-9-10-17(22(21)24(25)28)20(16)14(2)15-6-4-3-5-7-15/h3-12,16-17,21-22H,1-2H3/t16-,17-,21+,22+/m1/s1. The third kappa shape index (κ3) is 2.43. The van der Waals surface area contributed by atoms with E-state index in [2.05, 4.69) is 0 Å². The molecule has 150 valence electrons. The average Bonchev–Trinajstić information content (AvgIpc) is 3.38. The number of rotatable bonds is 3. The summed E-state index contributed by atoms with van der Waals surface area (Å²) in [5.41, 5.74) is 3.86. The summed E-state index contributed by atoms with van der Waals surface area (Å²) in [4.78, 5) is 38.8. The summed E-state index contributed by atoms with van der Waals surface area (Å²) in [6.45, 7) is 3.78. The zero-order chi connectivity index (χ0) is 21.2. The van der Waals surface area contributed by atoms with E-state index in [1.807, 2.05) is 49.4 Å². The van der Waals surface area contributed by atoms with Gasteiger partial charge in [-0.2, -0.15) is 0 Å². The predicted octanol–water partition coefficient (Wildman–Crippen LogP) is 4.30. The lowest BCUT2D eigenvalue weighted by Gasteiger charge is -2.20. The first-order valence-electron chi connectivity index (χ1n) is 9.97. The highest BCUT2D eigenvalue weighted by molar-refractivity contribution is 6.24. The minimum absolute atomic E-state index is 0.0692. The van der Waals surface area contributed by atoms with Crippen LogP contribution in [0.25, 0.3) is 5.57 Å². The first-order valence-corrected chi connectivity index (χ1v) is 9.97. The molecule has 0 N–H and O–H groups in total. The van der Waals surface area contributed by atoms with Crippen LogP contribution in [0.2, 0.25) is 0 Å². The van der Waals surface area contributed by atoms with Crippen LogP contribution in [-0.4, -0.2) is 16.7 Å². The number of nitro groups is 1. The summed E-state index contributed by atoms with van der Waals surface area (Å²) in [7, 11) is 0. The molecule has 2 aromatic rings. The molecule has 2 bridgehead atoms. The Labute approximate surface area is 173 Å². The molecule has 2 amide bonds. The highest BCUT2D eigenvalue weighted by atomic mass is 16.6. The van der Waals surface area contributed by atoms with Gasteiger partial charge in [-0.25, -0.2) is 4.90 Å². The van der Waals surface area contributed by atoms with Crippen molar-refractivity contribution >= 4 is 28.8 Å². The van der Waals surface area contributed by atoms with E-state index in [4.69, 9.17) is 0 Å². The maximum absolute atomic E-state index is 13.4. The number of amides is 2. The molecule has 6 heteroatoms. The highest BCUT2D eigenvalue weighted by Crippen LogP contribution is 2.58. The van der Waals surface area contributed by atoms with Gasteiger partial charge in [0.05, 0.1) is 16.8 Å². The molecule has 3 aliphatic rings. The topological polar surface area (TPSA) is 80.5 Å². The molecule has 0 radical (unpaired) electrons. The maximum Gasteiger partial charge on any atom is 0.293 e. The molecular formula is C24H20N2O4. The van der Waals surface area contributed by atoms with E-state index in [0.717, 1.165) is 21.6 Å². The number of imide groups is 1. The van der Waals surface area contributed by atoms with Gasteiger partial charge >= 0.3 is 0 Å². The van der Waals surface area contributed by atoms with Crippen molar-refractivity contribution in [3.05, 3.63) is 87.5 Å². The Morgan fingerprint density at radius 1 is 0.967 bits per heavy atom. The number of nitrogens with zero attached hydrogens (tertiary/aromatic N) is 2. The van der Waals surface area contributed by atoms with Gasteiger partial charge in [-0.15, -0.1) is 0 Å². The Bertz CT molecular complexity index is 1130. The van der Waals surface area contributed by atoms with Crippen LogP contribution < -0.4 is 4.90 Å². The van der Waals surface area contributed by atoms with Crippen molar-refractivity contribution in [1.29, 1.82) is 0 Å². The van der Waals surface area contributed by atoms with Gasteiger partial charge in [0.25, 0.3) is 5.69 Å². The number of carbonyl (C=O) groups excluding carboxylic acids is 2. The monoisotopic (exact) mass is 400 g/mol. The van der Waals surface area contributed by atoms with Gasteiger partial charge in [0.1, 0.15) is 5.69 Å². The van der Waals surface area contributed by atoms with Gasteiger partial charge in [-0.05, 0) is 36.6 Å². The Morgan fingerprint density at radius 2 is 1.57 bits per heavy atom. The number of hydrogen-bond acceptors (Lipinski definition) is 4. The second-order valence-corrected chi connectivity index (χ2v) is 8.20. The molecule has 30 heavy (non-hydrogen) atoms. The molecule has 1 saturated heterocycles. The van der Waals surface area contributed by atoms with Gasteiger partial charge < -0.3 is 0 Å². The SMILES string of the molecule is CC(=C1[C@H]2C=C[C@H]1[C@@H]1C(=O)N(c3ccc(C)cc3[N+](=O)[O-])C(=O)[C@H]12)c1ccccc1. The number of carbonyl (C=O) groups is 2. The number of allylic oxidation sites excluding steroid dienone is 4.